The lowest BCUT2D eigenvalue weighted by molar-refractivity contribution is 0.340. The van der Waals surface area contributed by atoms with E-state index in [-0.39, 0.29) is 0 Å². The van der Waals surface area contributed by atoms with Crippen LogP contribution in [0.1, 0.15) is 32.2 Å². The maximum absolute atomic E-state index is 5.50. The minimum absolute atomic E-state index is 0.313. The molecule has 28 heavy (non-hydrogen) atoms. The number of aryl methyl sites for hydroxylation is 1. The zero-order valence-corrected chi connectivity index (χ0v) is 17.0. The van der Waals surface area contributed by atoms with Crippen molar-refractivity contribution in [3.8, 4) is 5.75 Å². The standard InChI is InChI=1S/C23H28N4O/c1-5-28-21-13-11-20(12-14-21)26-22-15-23(25-18(4)24-22)27(17(2)3)16-19-9-7-6-8-10-19/h6-15,17H,5,16H2,1-4H3,(H,24,25,26). The largest absolute Gasteiger partial charge is 0.494 e. The van der Waals surface area contributed by atoms with Crippen molar-refractivity contribution >= 4 is 17.3 Å². The van der Waals surface area contributed by atoms with Gasteiger partial charge in [0.25, 0.3) is 0 Å². The molecule has 0 amide bonds. The predicted molar refractivity (Wildman–Crippen MR) is 115 cm³/mol. The Morgan fingerprint density at radius 2 is 1.71 bits per heavy atom. The van der Waals surface area contributed by atoms with Crippen LogP contribution in [0.5, 0.6) is 5.75 Å². The lowest BCUT2D eigenvalue weighted by Crippen LogP contribution is -2.31. The van der Waals surface area contributed by atoms with Crippen molar-refractivity contribution in [3.63, 3.8) is 0 Å². The van der Waals surface area contributed by atoms with Crippen molar-refractivity contribution in [1.29, 1.82) is 0 Å². The number of hydrogen-bond donors (Lipinski definition) is 1. The molecule has 0 spiro atoms. The quantitative estimate of drug-likeness (QED) is 0.575. The third-order valence-corrected chi connectivity index (χ3v) is 4.38. The minimum Gasteiger partial charge on any atom is -0.494 e. The molecular formula is C23H28N4O. The highest BCUT2D eigenvalue weighted by Crippen LogP contribution is 2.24. The van der Waals surface area contributed by atoms with Crippen molar-refractivity contribution < 1.29 is 4.74 Å². The molecule has 0 fully saturated rings. The molecule has 0 bridgehead atoms. The van der Waals surface area contributed by atoms with Crippen LogP contribution in [0.3, 0.4) is 0 Å². The number of nitrogens with zero attached hydrogens (tertiary/aromatic N) is 3. The Hall–Kier alpha value is -3.08. The molecule has 0 radical (unpaired) electrons. The molecule has 0 aliphatic heterocycles. The average molecular weight is 377 g/mol. The van der Waals surface area contributed by atoms with Crippen LogP contribution >= 0.6 is 0 Å². The van der Waals surface area contributed by atoms with E-state index in [0.717, 1.165) is 35.4 Å². The van der Waals surface area contributed by atoms with Gasteiger partial charge in [-0.15, -0.1) is 0 Å². The SMILES string of the molecule is CCOc1ccc(Nc2cc(N(Cc3ccccc3)C(C)C)nc(C)n2)cc1. The fraction of sp³-hybridized carbons (Fsp3) is 0.304. The van der Waals surface area contributed by atoms with Crippen molar-refractivity contribution in [2.24, 2.45) is 0 Å². The van der Waals surface area contributed by atoms with Crippen LogP contribution in [0, 0.1) is 6.92 Å². The van der Waals surface area contributed by atoms with Crippen molar-refractivity contribution in [2.75, 3.05) is 16.8 Å². The lowest BCUT2D eigenvalue weighted by Gasteiger charge is -2.28. The van der Waals surface area contributed by atoms with Gasteiger partial charge < -0.3 is 15.0 Å². The Morgan fingerprint density at radius 3 is 2.36 bits per heavy atom. The van der Waals surface area contributed by atoms with Gasteiger partial charge in [-0.05, 0) is 57.5 Å². The van der Waals surface area contributed by atoms with Gasteiger partial charge in [0.1, 0.15) is 23.2 Å². The highest BCUT2D eigenvalue weighted by Gasteiger charge is 2.15. The van der Waals surface area contributed by atoms with Crippen molar-refractivity contribution in [3.05, 3.63) is 72.1 Å². The molecule has 5 heteroatoms. The van der Waals surface area contributed by atoms with Gasteiger partial charge in [0.15, 0.2) is 0 Å². The summed E-state index contributed by atoms with van der Waals surface area (Å²) < 4.78 is 5.50. The van der Waals surface area contributed by atoms with Gasteiger partial charge in [0, 0.05) is 24.3 Å². The molecule has 0 atom stereocenters. The van der Waals surface area contributed by atoms with Crippen LogP contribution in [-0.4, -0.2) is 22.6 Å². The molecule has 5 nitrogen and oxygen atoms in total. The van der Waals surface area contributed by atoms with Crippen LogP contribution in [0.25, 0.3) is 0 Å². The smallest absolute Gasteiger partial charge is 0.136 e. The normalized spacial score (nSPS) is 10.8. The van der Waals surface area contributed by atoms with E-state index >= 15 is 0 Å². The van der Waals surface area contributed by atoms with Gasteiger partial charge in [-0.25, -0.2) is 9.97 Å². The van der Waals surface area contributed by atoms with E-state index in [4.69, 9.17) is 4.74 Å². The Labute approximate surface area is 167 Å². The summed E-state index contributed by atoms with van der Waals surface area (Å²) in [4.78, 5) is 11.5. The first kappa shape index (κ1) is 19.7. The molecule has 0 unspecified atom stereocenters. The monoisotopic (exact) mass is 376 g/mol. The summed E-state index contributed by atoms with van der Waals surface area (Å²) in [7, 11) is 0. The molecule has 0 aliphatic rings. The number of ether oxygens (including phenoxy) is 1. The molecule has 0 saturated heterocycles. The van der Waals surface area contributed by atoms with Gasteiger partial charge in [0.05, 0.1) is 6.61 Å². The second-order valence-electron chi connectivity index (χ2n) is 6.95. The Morgan fingerprint density at radius 1 is 1.00 bits per heavy atom. The maximum Gasteiger partial charge on any atom is 0.136 e. The number of nitrogens with one attached hydrogen (secondary N) is 1. The van der Waals surface area contributed by atoms with Gasteiger partial charge in [-0.2, -0.15) is 0 Å². The number of benzene rings is 2. The number of rotatable bonds is 8. The van der Waals surface area contributed by atoms with Gasteiger partial charge in [-0.1, -0.05) is 30.3 Å². The third-order valence-electron chi connectivity index (χ3n) is 4.38. The summed E-state index contributed by atoms with van der Waals surface area (Å²) in [6.45, 7) is 9.73. The molecule has 1 aromatic heterocycles. The van der Waals surface area contributed by atoms with Crippen molar-refractivity contribution in [1.82, 2.24) is 9.97 Å². The van der Waals surface area contributed by atoms with Crippen LogP contribution in [0.4, 0.5) is 17.3 Å². The summed E-state index contributed by atoms with van der Waals surface area (Å²) in [5, 5.41) is 3.38. The molecule has 0 saturated carbocycles. The number of aromatic nitrogens is 2. The van der Waals surface area contributed by atoms with Crippen LogP contribution < -0.4 is 15.0 Å². The fourth-order valence-corrected chi connectivity index (χ4v) is 3.02. The first-order chi connectivity index (χ1) is 13.5. The van der Waals surface area contributed by atoms with E-state index in [1.165, 1.54) is 5.56 Å². The van der Waals surface area contributed by atoms with Crippen LogP contribution in [-0.2, 0) is 6.54 Å². The summed E-state index contributed by atoms with van der Waals surface area (Å²) in [5.41, 5.74) is 2.22. The molecule has 3 aromatic rings. The van der Waals surface area contributed by atoms with E-state index in [1.807, 2.05) is 50.2 Å². The van der Waals surface area contributed by atoms with Crippen molar-refractivity contribution in [2.45, 2.75) is 40.3 Å². The molecule has 0 aliphatic carbocycles. The number of anilines is 3. The summed E-state index contributed by atoms with van der Waals surface area (Å²) in [5.74, 6) is 3.30. The second-order valence-corrected chi connectivity index (χ2v) is 6.95. The Kier molecular flexibility index (Phi) is 6.48. The maximum atomic E-state index is 5.50. The van der Waals surface area contributed by atoms with Gasteiger partial charge >= 0.3 is 0 Å². The summed E-state index contributed by atoms with van der Waals surface area (Å²) in [6, 6.07) is 20.7. The first-order valence-electron chi connectivity index (χ1n) is 9.71. The predicted octanol–water partition coefficient (Wildman–Crippen LogP) is 5.34. The van der Waals surface area contributed by atoms with Gasteiger partial charge in [-0.3, -0.25) is 0 Å². The molecular weight excluding hydrogens is 348 g/mol. The van der Waals surface area contributed by atoms with E-state index < -0.39 is 0 Å². The lowest BCUT2D eigenvalue weighted by atomic mass is 10.2. The zero-order valence-electron chi connectivity index (χ0n) is 17.0. The molecule has 3 rings (SSSR count). The molecule has 146 valence electrons. The minimum atomic E-state index is 0.313. The van der Waals surface area contributed by atoms with Crippen LogP contribution in [0.15, 0.2) is 60.7 Å². The highest BCUT2D eigenvalue weighted by atomic mass is 16.5. The average Bonchev–Trinajstić information content (AvgIpc) is 2.68. The summed E-state index contributed by atoms with van der Waals surface area (Å²) in [6.07, 6.45) is 0. The topological polar surface area (TPSA) is 50.3 Å². The van der Waals surface area contributed by atoms with E-state index in [9.17, 15) is 0 Å². The van der Waals surface area contributed by atoms with E-state index in [1.54, 1.807) is 0 Å². The third kappa shape index (κ3) is 5.22. The van der Waals surface area contributed by atoms with Gasteiger partial charge in [0.2, 0.25) is 0 Å². The fourth-order valence-electron chi connectivity index (χ4n) is 3.02. The Bertz CT molecular complexity index is 879. The molecule has 1 heterocycles. The van der Waals surface area contributed by atoms with E-state index in [2.05, 4.69) is 58.3 Å². The Balaban J connectivity index is 1.82. The molecule has 2 aromatic carbocycles. The second kappa shape index (κ2) is 9.22. The zero-order chi connectivity index (χ0) is 19.9. The van der Waals surface area contributed by atoms with E-state index in [0.29, 0.717) is 12.6 Å². The summed E-state index contributed by atoms with van der Waals surface area (Å²) >= 11 is 0. The highest BCUT2D eigenvalue weighted by molar-refractivity contribution is 5.60. The number of hydrogen-bond acceptors (Lipinski definition) is 5. The molecule has 1 N–H and O–H groups in total. The first-order valence-corrected chi connectivity index (χ1v) is 9.71. The van der Waals surface area contributed by atoms with Crippen LogP contribution in [0.2, 0.25) is 0 Å².